The number of carboxylic acids is 1. The summed E-state index contributed by atoms with van der Waals surface area (Å²) in [6.07, 6.45) is -0.466. The van der Waals surface area contributed by atoms with Crippen LogP contribution in [-0.2, 0) is 11.2 Å². The molecule has 1 aromatic carbocycles. The smallest absolute Gasteiger partial charge is 0.307 e. The summed E-state index contributed by atoms with van der Waals surface area (Å²) in [5.74, 6) is -1.46. The maximum Gasteiger partial charge on any atom is 0.307 e. The van der Waals surface area contributed by atoms with Crippen molar-refractivity contribution < 1.29 is 19.9 Å². The zero-order valence-electron chi connectivity index (χ0n) is 7.31. The third-order valence-electron chi connectivity index (χ3n) is 1.68. The van der Waals surface area contributed by atoms with Crippen LogP contribution in [0.1, 0.15) is 5.56 Å². The predicted molar refractivity (Wildman–Crippen MR) is 53.8 cm³/mol. The average molecular weight is 276 g/mol. The van der Waals surface area contributed by atoms with Crippen LogP contribution in [0, 0.1) is 10.1 Å². The molecule has 80 valence electrons. The molecule has 0 spiro atoms. The van der Waals surface area contributed by atoms with Crippen LogP contribution in [0.15, 0.2) is 16.6 Å². The molecule has 0 amide bonds. The third kappa shape index (κ3) is 2.66. The number of carboxylic acid groups (broad SMARTS) is 1. The molecule has 0 bridgehead atoms. The molecule has 6 nitrogen and oxygen atoms in total. The van der Waals surface area contributed by atoms with Crippen molar-refractivity contribution >= 4 is 27.6 Å². The van der Waals surface area contributed by atoms with E-state index in [4.69, 9.17) is 5.11 Å². The van der Waals surface area contributed by atoms with Crippen LogP contribution in [0.2, 0.25) is 0 Å². The minimum absolute atomic E-state index is 0.00331. The lowest BCUT2D eigenvalue weighted by molar-refractivity contribution is -0.385. The summed E-state index contributed by atoms with van der Waals surface area (Å²) in [6, 6.07) is 2.15. The van der Waals surface area contributed by atoms with E-state index in [-0.39, 0.29) is 21.5 Å². The predicted octanol–water partition coefficient (Wildman–Crippen LogP) is 1.69. The van der Waals surface area contributed by atoms with Crippen molar-refractivity contribution in [3.05, 3.63) is 32.3 Å². The van der Waals surface area contributed by atoms with Crippen molar-refractivity contribution in [3.63, 3.8) is 0 Å². The molecule has 0 saturated heterocycles. The second-order valence-electron chi connectivity index (χ2n) is 2.76. The molecule has 0 unspecified atom stereocenters. The van der Waals surface area contributed by atoms with Gasteiger partial charge in [0.05, 0.1) is 15.8 Å². The topological polar surface area (TPSA) is 101 Å². The number of hydrogen-bond donors (Lipinski definition) is 2. The Morgan fingerprint density at radius 2 is 2.13 bits per heavy atom. The van der Waals surface area contributed by atoms with E-state index in [2.05, 4.69) is 15.9 Å². The minimum Gasteiger partial charge on any atom is -0.506 e. The Balaban J connectivity index is 3.24. The number of nitro benzene ring substituents is 1. The second kappa shape index (κ2) is 4.26. The Morgan fingerprint density at radius 1 is 1.53 bits per heavy atom. The summed E-state index contributed by atoms with van der Waals surface area (Å²) in [5, 5.41) is 28.4. The highest BCUT2D eigenvalue weighted by atomic mass is 79.9. The number of nitrogens with zero attached hydrogens (tertiary/aromatic N) is 1. The molecular formula is C8H6BrNO5. The molecule has 15 heavy (non-hydrogen) atoms. The summed E-state index contributed by atoms with van der Waals surface area (Å²) in [5.41, 5.74) is -0.264. The number of aromatic hydroxyl groups is 1. The molecule has 7 heteroatoms. The number of halogens is 1. The lowest BCUT2D eigenvalue weighted by Gasteiger charge is -2.03. The van der Waals surface area contributed by atoms with E-state index >= 15 is 0 Å². The molecular weight excluding hydrogens is 270 g/mol. The van der Waals surface area contributed by atoms with E-state index < -0.39 is 17.3 Å². The van der Waals surface area contributed by atoms with Crippen LogP contribution < -0.4 is 0 Å². The number of nitro groups is 1. The van der Waals surface area contributed by atoms with Gasteiger partial charge in [-0.05, 0) is 15.9 Å². The number of non-ortho nitro benzene ring substituents is 1. The van der Waals surface area contributed by atoms with Crippen LogP contribution in [-0.4, -0.2) is 21.1 Å². The lowest BCUT2D eigenvalue weighted by Crippen LogP contribution is -2.01. The first kappa shape index (κ1) is 11.4. The average Bonchev–Trinajstić information content (AvgIpc) is 2.11. The molecule has 0 aliphatic carbocycles. The first-order valence-electron chi connectivity index (χ1n) is 3.79. The van der Waals surface area contributed by atoms with E-state index in [1.54, 1.807) is 0 Å². The van der Waals surface area contributed by atoms with Gasteiger partial charge in [-0.3, -0.25) is 14.9 Å². The molecule has 0 atom stereocenters. The van der Waals surface area contributed by atoms with Gasteiger partial charge in [0.15, 0.2) is 0 Å². The summed E-state index contributed by atoms with van der Waals surface area (Å²) in [7, 11) is 0. The number of hydrogen-bond acceptors (Lipinski definition) is 4. The summed E-state index contributed by atoms with van der Waals surface area (Å²) >= 11 is 2.91. The lowest BCUT2D eigenvalue weighted by atomic mass is 10.1. The molecule has 1 aromatic rings. The van der Waals surface area contributed by atoms with Crippen molar-refractivity contribution in [3.8, 4) is 5.75 Å². The third-order valence-corrected chi connectivity index (χ3v) is 2.28. The SMILES string of the molecule is O=C(O)Cc1cc([N+](=O)[O-])cc(Br)c1O. The second-order valence-corrected chi connectivity index (χ2v) is 3.62. The first-order valence-corrected chi connectivity index (χ1v) is 4.58. The van der Waals surface area contributed by atoms with Gasteiger partial charge < -0.3 is 10.2 Å². The Morgan fingerprint density at radius 3 is 2.60 bits per heavy atom. The molecule has 0 saturated carbocycles. The van der Waals surface area contributed by atoms with Gasteiger partial charge >= 0.3 is 5.97 Å². The van der Waals surface area contributed by atoms with Gasteiger partial charge in [-0.25, -0.2) is 0 Å². The number of phenolic OH excluding ortho intramolecular Hbond substituents is 1. The van der Waals surface area contributed by atoms with Crippen molar-refractivity contribution in [2.24, 2.45) is 0 Å². The summed E-state index contributed by atoms with van der Waals surface area (Å²) in [6.45, 7) is 0. The fraction of sp³-hybridized carbons (Fsp3) is 0.125. The van der Waals surface area contributed by atoms with Gasteiger partial charge in [0, 0.05) is 17.7 Å². The number of aliphatic carboxylic acids is 1. The van der Waals surface area contributed by atoms with Crippen molar-refractivity contribution in [2.45, 2.75) is 6.42 Å². The zero-order chi connectivity index (χ0) is 11.6. The van der Waals surface area contributed by atoms with Crippen LogP contribution >= 0.6 is 15.9 Å². The number of rotatable bonds is 3. The first-order chi connectivity index (χ1) is 6.91. The summed E-state index contributed by atoms with van der Waals surface area (Å²) < 4.78 is 0.105. The van der Waals surface area contributed by atoms with Crippen molar-refractivity contribution in [1.29, 1.82) is 0 Å². The van der Waals surface area contributed by atoms with Crippen LogP contribution in [0.4, 0.5) is 5.69 Å². The zero-order valence-corrected chi connectivity index (χ0v) is 8.89. The molecule has 1 rings (SSSR count). The van der Waals surface area contributed by atoms with Crippen molar-refractivity contribution in [1.82, 2.24) is 0 Å². The van der Waals surface area contributed by atoms with Gasteiger partial charge in [-0.15, -0.1) is 0 Å². The monoisotopic (exact) mass is 275 g/mol. The number of carbonyl (C=O) groups is 1. The Hall–Kier alpha value is -1.63. The highest BCUT2D eigenvalue weighted by Crippen LogP contribution is 2.32. The molecule has 0 aliphatic heterocycles. The van der Waals surface area contributed by atoms with Gasteiger partial charge in [-0.1, -0.05) is 0 Å². The van der Waals surface area contributed by atoms with E-state index in [0.717, 1.165) is 12.1 Å². The number of benzene rings is 1. The van der Waals surface area contributed by atoms with Crippen molar-refractivity contribution in [2.75, 3.05) is 0 Å². The molecule has 0 aliphatic rings. The molecule has 0 radical (unpaired) electrons. The summed E-state index contributed by atoms with van der Waals surface area (Å²) in [4.78, 5) is 20.2. The van der Waals surface area contributed by atoms with E-state index in [9.17, 15) is 20.0 Å². The van der Waals surface area contributed by atoms with Gasteiger partial charge in [0.25, 0.3) is 5.69 Å². The largest absolute Gasteiger partial charge is 0.506 e. The fourth-order valence-electron chi connectivity index (χ4n) is 1.04. The molecule has 0 fully saturated rings. The van der Waals surface area contributed by atoms with Crippen LogP contribution in [0.25, 0.3) is 0 Å². The Labute approximate surface area is 92.4 Å². The fourth-order valence-corrected chi connectivity index (χ4v) is 1.53. The van der Waals surface area contributed by atoms with E-state index in [1.807, 2.05) is 0 Å². The minimum atomic E-state index is -1.17. The molecule has 0 heterocycles. The molecule has 0 aromatic heterocycles. The van der Waals surface area contributed by atoms with E-state index in [1.165, 1.54) is 0 Å². The maximum atomic E-state index is 10.5. The Bertz CT molecular complexity index is 431. The number of phenols is 1. The normalized spacial score (nSPS) is 9.93. The Kier molecular flexibility index (Phi) is 3.25. The quantitative estimate of drug-likeness (QED) is 0.646. The van der Waals surface area contributed by atoms with Gasteiger partial charge in [-0.2, -0.15) is 0 Å². The highest BCUT2D eigenvalue weighted by molar-refractivity contribution is 9.10. The standard InChI is InChI=1S/C8H6BrNO5/c9-6-3-5(10(14)15)1-4(8(6)13)2-7(11)12/h1,3,13H,2H2,(H,11,12). The van der Waals surface area contributed by atoms with E-state index in [0.29, 0.717) is 0 Å². The van der Waals surface area contributed by atoms with Crippen LogP contribution in [0.3, 0.4) is 0 Å². The van der Waals surface area contributed by atoms with Crippen LogP contribution in [0.5, 0.6) is 5.75 Å². The van der Waals surface area contributed by atoms with Gasteiger partial charge in [0.2, 0.25) is 0 Å². The maximum absolute atomic E-state index is 10.5. The van der Waals surface area contributed by atoms with Gasteiger partial charge in [0.1, 0.15) is 5.75 Å². The highest BCUT2D eigenvalue weighted by Gasteiger charge is 2.16. The molecule has 2 N–H and O–H groups in total.